The predicted octanol–water partition coefficient (Wildman–Crippen LogP) is 7.31. The number of nitrogens with zero attached hydrogens (tertiary/aromatic N) is 2. The summed E-state index contributed by atoms with van der Waals surface area (Å²) >= 11 is 0. The van der Waals surface area contributed by atoms with E-state index in [4.69, 9.17) is 18.6 Å². The Bertz CT molecular complexity index is 1940. The number of aryl methyl sites for hydroxylation is 2. The molecule has 0 spiro atoms. The molecule has 5 aromatic rings. The van der Waals surface area contributed by atoms with Crippen LogP contribution < -0.4 is 25.0 Å². The summed E-state index contributed by atoms with van der Waals surface area (Å²) < 4.78 is 38.8. The van der Waals surface area contributed by atoms with E-state index in [9.17, 15) is 14.0 Å². The summed E-state index contributed by atoms with van der Waals surface area (Å²) in [4.78, 5) is 25.2. The smallest absolute Gasteiger partial charge is 0.307 e. The number of amides is 2. The van der Waals surface area contributed by atoms with E-state index in [0.29, 0.717) is 52.9 Å². The number of benzene rings is 3. The van der Waals surface area contributed by atoms with Gasteiger partial charge in [-0.25, -0.2) is 9.82 Å². The Morgan fingerprint density at radius 1 is 0.959 bits per heavy atom. The van der Waals surface area contributed by atoms with Gasteiger partial charge in [-0.2, -0.15) is 5.10 Å². The lowest BCUT2D eigenvalue weighted by atomic mass is 10.1. The Labute approximate surface area is 283 Å². The first-order valence-electron chi connectivity index (χ1n) is 15.6. The van der Waals surface area contributed by atoms with Gasteiger partial charge in [0.25, 0.3) is 5.91 Å². The second-order valence-corrected chi connectivity index (χ2v) is 11.0. The van der Waals surface area contributed by atoms with Gasteiger partial charge in [0, 0.05) is 28.3 Å². The highest BCUT2D eigenvalue weighted by Gasteiger charge is 2.16. The molecule has 11 heteroatoms. The second-order valence-electron chi connectivity index (χ2n) is 11.0. The average Bonchev–Trinajstić information content (AvgIpc) is 3.70. The van der Waals surface area contributed by atoms with E-state index in [-0.39, 0.29) is 19.0 Å². The number of allylic oxidation sites excluding steroid dienone is 1. The Morgan fingerprint density at radius 2 is 1.73 bits per heavy atom. The summed E-state index contributed by atoms with van der Waals surface area (Å²) in [6.45, 7) is 9.89. The number of hydrogen-bond acceptors (Lipinski definition) is 7. The number of furan rings is 1. The van der Waals surface area contributed by atoms with Gasteiger partial charge in [0.1, 0.15) is 23.9 Å². The maximum absolute atomic E-state index is 13.5. The quantitative estimate of drug-likeness (QED) is 0.0689. The van der Waals surface area contributed by atoms with Gasteiger partial charge >= 0.3 is 5.91 Å². The number of hydrogen-bond donors (Lipinski definition) is 2. The van der Waals surface area contributed by atoms with Crippen LogP contribution in [0.15, 0.2) is 107 Å². The zero-order valence-electron chi connectivity index (χ0n) is 27.5. The lowest BCUT2D eigenvalue weighted by molar-refractivity contribution is -0.118. The zero-order valence-corrected chi connectivity index (χ0v) is 27.5. The minimum absolute atomic E-state index is 0.0762. The molecule has 2 amide bonds. The molecule has 0 radical (unpaired) electrons. The summed E-state index contributed by atoms with van der Waals surface area (Å²) in [7, 11) is 0. The fraction of sp³-hybridized carbons (Fsp3) is 0.184. The fourth-order valence-electron chi connectivity index (χ4n) is 5.11. The minimum Gasteiger partial charge on any atom is -0.490 e. The van der Waals surface area contributed by atoms with Crippen LogP contribution in [0.1, 0.15) is 45.8 Å². The van der Waals surface area contributed by atoms with Crippen LogP contribution >= 0.6 is 0 Å². The maximum Gasteiger partial charge on any atom is 0.307 e. The summed E-state index contributed by atoms with van der Waals surface area (Å²) in [6, 6.07) is 24.2. The van der Waals surface area contributed by atoms with Crippen LogP contribution in [0.2, 0.25) is 0 Å². The lowest BCUT2D eigenvalue weighted by Crippen LogP contribution is -2.21. The van der Waals surface area contributed by atoms with Crippen molar-refractivity contribution in [2.24, 2.45) is 5.10 Å². The normalized spacial score (nSPS) is 10.9. The topological polar surface area (TPSA) is 116 Å². The lowest BCUT2D eigenvalue weighted by Gasteiger charge is -2.16. The van der Waals surface area contributed by atoms with E-state index >= 15 is 0 Å². The van der Waals surface area contributed by atoms with Crippen LogP contribution in [0, 0.1) is 19.7 Å². The molecular formula is C38H37FN4O6. The number of halogens is 1. The number of anilines is 1. The Kier molecular flexibility index (Phi) is 11.3. The van der Waals surface area contributed by atoms with Crippen molar-refractivity contribution in [1.29, 1.82) is 0 Å². The second kappa shape index (κ2) is 16.1. The third-order valence-electron chi connectivity index (χ3n) is 7.29. The zero-order chi connectivity index (χ0) is 34.8. The van der Waals surface area contributed by atoms with E-state index in [2.05, 4.69) is 53.0 Å². The van der Waals surface area contributed by atoms with E-state index < -0.39 is 17.6 Å². The number of carbonyl (C=O) groups excluding carboxylic acids is 2. The first-order valence-corrected chi connectivity index (χ1v) is 15.6. The summed E-state index contributed by atoms with van der Waals surface area (Å²) in [5.41, 5.74) is 7.43. The maximum atomic E-state index is 13.5. The van der Waals surface area contributed by atoms with E-state index in [1.54, 1.807) is 36.4 Å². The van der Waals surface area contributed by atoms with E-state index in [1.807, 2.05) is 31.2 Å². The van der Waals surface area contributed by atoms with Crippen molar-refractivity contribution in [3.63, 3.8) is 0 Å². The van der Waals surface area contributed by atoms with Crippen molar-refractivity contribution in [3.05, 3.63) is 137 Å². The molecule has 0 unspecified atom stereocenters. The van der Waals surface area contributed by atoms with Gasteiger partial charge in [-0.15, -0.1) is 6.58 Å². The molecule has 0 saturated heterocycles. The Morgan fingerprint density at radius 3 is 2.45 bits per heavy atom. The van der Waals surface area contributed by atoms with Crippen molar-refractivity contribution < 1.29 is 32.6 Å². The molecule has 0 aliphatic heterocycles. The molecule has 0 aliphatic rings. The molecule has 2 N–H and O–H groups in total. The van der Waals surface area contributed by atoms with Gasteiger partial charge in [0.2, 0.25) is 0 Å². The molecule has 5 rings (SSSR count). The molecule has 2 heterocycles. The summed E-state index contributed by atoms with van der Waals surface area (Å²) in [5.74, 6) is 0.505. The molecule has 0 fully saturated rings. The fourth-order valence-corrected chi connectivity index (χ4v) is 5.11. The number of aromatic nitrogens is 1. The number of rotatable bonds is 15. The molecule has 252 valence electrons. The standard InChI is InChI=1S/C38H37FN4O6/c1-5-8-28-19-27(20-35(46-6-2)37(28)48-24-36(44)41-30-10-7-9-29(39)21-30)22-40-42-38(45)34-18-17-33(49-34)23-47-32-15-13-31(14-16-32)43-25(3)11-12-26(43)4/h5,7,9-22H,1,6,8,23-24H2,2-4H3,(H,41,44)(H,42,45)/b40-22+. The summed E-state index contributed by atoms with van der Waals surface area (Å²) in [6.07, 6.45) is 3.55. The highest BCUT2D eigenvalue weighted by Crippen LogP contribution is 2.34. The van der Waals surface area contributed by atoms with Crippen molar-refractivity contribution >= 4 is 23.7 Å². The molecule has 0 aliphatic carbocycles. The van der Waals surface area contributed by atoms with E-state index in [0.717, 1.165) is 17.1 Å². The van der Waals surface area contributed by atoms with Gasteiger partial charge in [-0.1, -0.05) is 12.1 Å². The van der Waals surface area contributed by atoms with Crippen LogP contribution in [-0.4, -0.2) is 35.8 Å². The monoisotopic (exact) mass is 664 g/mol. The number of carbonyl (C=O) groups is 2. The molecule has 2 aromatic heterocycles. The third-order valence-corrected chi connectivity index (χ3v) is 7.29. The van der Waals surface area contributed by atoms with Gasteiger partial charge < -0.3 is 28.5 Å². The average molecular weight is 665 g/mol. The Hall–Kier alpha value is -6.10. The number of ether oxygens (including phenoxy) is 3. The molecule has 49 heavy (non-hydrogen) atoms. The van der Waals surface area contributed by atoms with Crippen LogP contribution in [0.5, 0.6) is 17.2 Å². The predicted molar refractivity (Wildman–Crippen MR) is 185 cm³/mol. The Balaban J connectivity index is 1.18. The van der Waals surface area contributed by atoms with Gasteiger partial charge in [-0.3, -0.25) is 9.59 Å². The van der Waals surface area contributed by atoms with Crippen molar-refractivity contribution in [3.8, 4) is 22.9 Å². The van der Waals surface area contributed by atoms with Crippen LogP contribution in [0.25, 0.3) is 5.69 Å². The van der Waals surface area contributed by atoms with Crippen molar-refractivity contribution in [2.45, 2.75) is 33.8 Å². The highest BCUT2D eigenvalue weighted by atomic mass is 19.1. The SMILES string of the molecule is C=CCc1cc(/C=N/NC(=O)c2ccc(COc3ccc(-n4c(C)ccc4C)cc3)o2)cc(OCC)c1OCC(=O)Nc1cccc(F)c1. The van der Waals surface area contributed by atoms with Crippen LogP contribution in [-0.2, 0) is 17.8 Å². The van der Waals surface area contributed by atoms with Crippen molar-refractivity contribution in [2.75, 3.05) is 18.5 Å². The molecule has 0 saturated carbocycles. The minimum atomic E-state index is -0.537. The number of nitrogens with one attached hydrogen (secondary N) is 2. The first kappa shape index (κ1) is 34.2. The van der Waals surface area contributed by atoms with Gasteiger partial charge in [0.05, 0.1) is 12.8 Å². The molecule has 0 atom stereocenters. The largest absolute Gasteiger partial charge is 0.490 e. The van der Waals surface area contributed by atoms with Gasteiger partial charge in [-0.05, 0) is 112 Å². The first-order chi connectivity index (χ1) is 23.7. The molecule has 10 nitrogen and oxygen atoms in total. The van der Waals surface area contributed by atoms with Crippen molar-refractivity contribution in [1.82, 2.24) is 9.99 Å². The van der Waals surface area contributed by atoms with Gasteiger partial charge in [0.15, 0.2) is 23.9 Å². The van der Waals surface area contributed by atoms with E-state index in [1.165, 1.54) is 24.4 Å². The summed E-state index contributed by atoms with van der Waals surface area (Å²) in [5, 5.41) is 6.69. The molecule has 3 aromatic carbocycles. The van der Waals surface area contributed by atoms with Crippen LogP contribution in [0.3, 0.4) is 0 Å². The third kappa shape index (κ3) is 9.04. The number of hydrazone groups is 1. The molecular weight excluding hydrogens is 627 g/mol. The highest BCUT2D eigenvalue weighted by molar-refractivity contribution is 5.93. The molecule has 0 bridgehead atoms. The van der Waals surface area contributed by atoms with Crippen LogP contribution in [0.4, 0.5) is 10.1 Å².